The summed E-state index contributed by atoms with van der Waals surface area (Å²) in [5.74, 6) is -0.263. The maximum absolute atomic E-state index is 13.0. The quantitative estimate of drug-likeness (QED) is 0.746. The molecule has 0 spiro atoms. The van der Waals surface area contributed by atoms with E-state index in [4.69, 9.17) is 0 Å². The van der Waals surface area contributed by atoms with Gasteiger partial charge in [0.2, 0.25) is 0 Å². The van der Waals surface area contributed by atoms with Gasteiger partial charge in [-0.15, -0.1) is 0 Å². The average molecular weight is 326 g/mol. The van der Waals surface area contributed by atoms with Gasteiger partial charge in [-0.3, -0.25) is 9.59 Å². The zero-order valence-corrected chi connectivity index (χ0v) is 13.9. The standard InChI is InChI=1S/C23H18O2/c24-22-14-13-17-12-11-16-7-5-6-10-19(16)20(17)15-21(22)23(25)18-8-3-1-2-4-9-18/h1,3-12,15H,2,13-14H2. The van der Waals surface area contributed by atoms with Crippen LogP contribution in [0, 0.1) is 0 Å². The smallest absolute Gasteiger partial charge is 0.196 e. The summed E-state index contributed by atoms with van der Waals surface area (Å²) in [6.45, 7) is 0. The molecule has 25 heavy (non-hydrogen) atoms. The molecular weight excluding hydrogens is 308 g/mol. The molecule has 4 rings (SSSR count). The molecule has 2 aliphatic rings. The number of allylic oxidation sites excluding steroid dienone is 7. The van der Waals surface area contributed by atoms with Gasteiger partial charge >= 0.3 is 0 Å². The van der Waals surface area contributed by atoms with Gasteiger partial charge in [0.15, 0.2) is 11.6 Å². The lowest BCUT2D eigenvalue weighted by molar-refractivity contribution is -0.119. The molecule has 0 amide bonds. The van der Waals surface area contributed by atoms with Crippen LogP contribution in [0.3, 0.4) is 0 Å². The van der Waals surface area contributed by atoms with Gasteiger partial charge in [-0.1, -0.05) is 66.8 Å². The fraction of sp³-hybridized carbons (Fsp3) is 0.130. The first-order valence-corrected chi connectivity index (χ1v) is 8.57. The van der Waals surface area contributed by atoms with E-state index >= 15 is 0 Å². The summed E-state index contributed by atoms with van der Waals surface area (Å²) in [7, 11) is 0. The van der Waals surface area contributed by atoms with E-state index in [2.05, 4.69) is 24.3 Å². The third kappa shape index (κ3) is 2.91. The minimum atomic E-state index is -0.186. The lowest BCUT2D eigenvalue weighted by Gasteiger charge is -2.08. The Morgan fingerprint density at radius 3 is 2.76 bits per heavy atom. The third-order valence-electron chi connectivity index (χ3n) is 4.76. The molecular formula is C23H18O2. The van der Waals surface area contributed by atoms with Crippen LogP contribution in [0.5, 0.6) is 0 Å². The van der Waals surface area contributed by atoms with Crippen molar-refractivity contribution in [2.75, 3.05) is 0 Å². The third-order valence-corrected chi connectivity index (χ3v) is 4.76. The van der Waals surface area contributed by atoms with Crippen molar-refractivity contribution in [3.05, 3.63) is 89.1 Å². The summed E-state index contributed by atoms with van der Waals surface area (Å²) >= 11 is 0. The summed E-state index contributed by atoms with van der Waals surface area (Å²) in [5, 5.41) is 2.21. The van der Waals surface area contributed by atoms with Crippen LogP contribution in [-0.2, 0) is 16.0 Å². The second kappa shape index (κ2) is 6.48. The highest BCUT2D eigenvalue weighted by molar-refractivity contribution is 6.30. The Morgan fingerprint density at radius 1 is 0.960 bits per heavy atom. The van der Waals surface area contributed by atoms with Crippen molar-refractivity contribution in [1.82, 2.24) is 0 Å². The molecule has 0 saturated heterocycles. The number of carbonyl (C=O) groups is 2. The fourth-order valence-corrected chi connectivity index (χ4v) is 3.42. The average Bonchev–Trinajstić information content (AvgIpc) is 3.01. The van der Waals surface area contributed by atoms with E-state index in [0.29, 0.717) is 24.0 Å². The number of hydrogen-bond acceptors (Lipinski definition) is 2. The molecule has 0 aromatic heterocycles. The second-order valence-electron chi connectivity index (χ2n) is 6.36. The summed E-state index contributed by atoms with van der Waals surface area (Å²) in [6, 6.07) is 12.3. The van der Waals surface area contributed by atoms with Gasteiger partial charge in [-0.2, -0.15) is 0 Å². The topological polar surface area (TPSA) is 34.1 Å². The van der Waals surface area contributed by atoms with Crippen molar-refractivity contribution >= 4 is 28.4 Å². The molecule has 2 aromatic rings. The van der Waals surface area contributed by atoms with E-state index in [1.165, 1.54) is 0 Å². The van der Waals surface area contributed by atoms with Gasteiger partial charge < -0.3 is 0 Å². The number of benzene rings is 2. The number of aryl methyl sites for hydroxylation is 1. The highest BCUT2D eigenvalue weighted by Crippen LogP contribution is 2.30. The van der Waals surface area contributed by atoms with Crippen LogP contribution in [0.2, 0.25) is 0 Å². The molecule has 2 heteroatoms. The number of carbonyl (C=O) groups excluding carboxylic acids is 2. The predicted octanol–water partition coefficient (Wildman–Crippen LogP) is 4.75. The highest BCUT2D eigenvalue weighted by Gasteiger charge is 2.24. The fourth-order valence-electron chi connectivity index (χ4n) is 3.42. The largest absolute Gasteiger partial charge is 0.294 e. The number of fused-ring (bicyclic) bond motifs is 3. The summed E-state index contributed by atoms with van der Waals surface area (Å²) in [6.07, 6.45) is 13.0. The van der Waals surface area contributed by atoms with E-state index < -0.39 is 0 Å². The Morgan fingerprint density at radius 2 is 1.84 bits per heavy atom. The van der Waals surface area contributed by atoms with Crippen LogP contribution in [0.4, 0.5) is 0 Å². The molecule has 0 aliphatic heterocycles. The van der Waals surface area contributed by atoms with Gasteiger partial charge in [-0.05, 0) is 40.8 Å². The van der Waals surface area contributed by atoms with Crippen LogP contribution in [-0.4, -0.2) is 11.6 Å². The maximum Gasteiger partial charge on any atom is 0.196 e. The molecule has 0 unspecified atom stereocenters. The number of hydrogen-bond donors (Lipinski definition) is 0. The van der Waals surface area contributed by atoms with E-state index in [0.717, 1.165) is 28.3 Å². The molecule has 122 valence electrons. The molecule has 0 bridgehead atoms. The summed E-state index contributed by atoms with van der Waals surface area (Å²) in [5.41, 5.74) is 2.99. The van der Waals surface area contributed by atoms with Crippen LogP contribution in [0.15, 0.2) is 77.9 Å². The Labute approximate surface area is 146 Å². The minimum absolute atomic E-state index is 0.0761. The zero-order chi connectivity index (χ0) is 17.2. The normalized spacial score (nSPS) is 16.7. The molecule has 0 atom stereocenters. The number of rotatable bonds is 2. The van der Waals surface area contributed by atoms with Crippen molar-refractivity contribution < 1.29 is 9.59 Å². The maximum atomic E-state index is 13.0. The van der Waals surface area contributed by atoms with Gasteiger partial charge in [-0.25, -0.2) is 0 Å². The van der Waals surface area contributed by atoms with Crippen molar-refractivity contribution in [1.29, 1.82) is 0 Å². The summed E-state index contributed by atoms with van der Waals surface area (Å²) in [4.78, 5) is 25.6. The molecule has 0 saturated carbocycles. The molecule has 0 fully saturated rings. The van der Waals surface area contributed by atoms with Gasteiger partial charge in [0.1, 0.15) is 0 Å². The molecule has 2 aromatic carbocycles. The second-order valence-corrected chi connectivity index (χ2v) is 6.36. The zero-order valence-electron chi connectivity index (χ0n) is 13.9. The van der Waals surface area contributed by atoms with Crippen molar-refractivity contribution in [2.45, 2.75) is 19.3 Å². The first-order chi connectivity index (χ1) is 12.2. The van der Waals surface area contributed by atoms with Crippen molar-refractivity contribution in [2.24, 2.45) is 0 Å². The molecule has 0 radical (unpaired) electrons. The van der Waals surface area contributed by atoms with E-state index in [9.17, 15) is 9.59 Å². The Kier molecular flexibility index (Phi) is 4.02. The molecule has 2 nitrogen and oxygen atoms in total. The first-order valence-electron chi connectivity index (χ1n) is 8.57. The SMILES string of the molecule is O=C1CCc2ccc3ccccc3c2C=C1C(=O)C1=CC=CCC=C1. The van der Waals surface area contributed by atoms with Gasteiger partial charge in [0.25, 0.3) is 0 Å². The Bertz CT molecular complexity index is 1000. The molecule has 0 heterocycles. The van der Waals surface area contributed by atoms with Gasteiger partial charge in [0.05, 0.1) is 5.57 Å². The van der Waals surface area contributed by atoms with Gasteiger partial charge in [0, 0.05) is 12.0 Å². The van der Waals surface area contributed by atoms with E-state index in [1.807, 2.05) is 36.4 Å². The number of ketones is 2. The monoisotopic (exact) mass is 326 g/mol. The minimum Gasteiger partial charge on any atom is -0.294 e. The van der Waals surface area contributed by atoms with Crippen molar-refractivity contribution in [3.8, 4) is 0 Å². The number of Topliss-reactive ketones (excluding diaryl/α,β-unsaturated/α-hetero) is 2. The lowest BCUT2D eigenvalue weighted by atomic mass is 9.95. The van der Waals surface area contributed by atoms with E-state index in [-0.39, 0.29) is 11.6 Å². The van der Waals surface area contributed by atoms with Crippen LogP contribution >= 0.6 is 0 Å². The van der Waals surface area contributed by atoms with Crippen LogP contribution < -0.4 is 0 Å². The van der Waals surface area contributed by atoms with Crippen molar-refractivity contribution in [3.63, 3.8) is 0 Å². The van der Waals surface area contributed by atoms with Crippen LogP contribution in [0.25, 0.3) is 16.8 Å². The van der Waals surface area contributed by atoms with Crippen LogP contribution in [0.1, 0.15) is 24.0 Å². The predicted molar refractivity (Wildman–Crippen MR) is 101 cm³/mol. The highest BCUT2D eigenvalue weighted by atomic mass is 16.1. The Balaban J connectivity index is 1.87. The molecule has 0 N–H and O–H groups in total. The Hall–Kier alpha value is -3.00. The van der Waals surface area contributed by atoms with E-state index in [1.54, 1.807) is 12.2 Å². The lowest BCUT2D eigenvalue weighted by Crippen LogP contribution is -2.13. The molecule has 2 aliphatic carbocycles. The first kappa shape index (κ1) is 15.5. The summed E-state index contributed by atoms with van der Waals surface area (Å²) < 4.78 is 0.